The predicted molar refractivity (Wildman–Crippen MR) is 133 cm³/mol. The first kappa shape index (κ1) is 25.5. The van der Waals surface area contributed by atoms with Gasteiger partial charge in [-0.25, -0.2) is 18.9 Å². The van der Waals surface area contributed by atoms with Crippen LogP contribution in [-0.2, 0) is 16.5 Å². The van der Waals surface area contributed by atoms with E-state index in [-0.39, 0.29) is 24.5 Å². The number of fused-ring (bicyclic) bond motifs is 2. The Kier molecular flexibility index (Phi) is 6.01. The highest BCUT2D eigenvalue weighted by molar-refractivity contribution is 5.94. The SMILES string of the molecule is O=C1Nc2ncccc2C2(CCN(C(=O)c3cc(-c4cccnc4)n(-c4ccc(F)c(C(F)(F)F)c4)n3)CC2)O1. The lowest BCUT2D eigenvalue weighted by atomic mass is 9.83. The molecule has 40 heavy (non-hydrogen) atoms. The minimum Gasteiger partial charge on any atom is -0.437 e. The van der Waals surface area contributed by atoms with Crippen LogP contribution in [0.4, 0.5) is 28.2 Å². The maximum atomic E-state index is 14.0. The van der Waals surface area contributed by atoms with Gasteiger partial charge >= 0.3 is 12.3 Å². The highest BCUT2D eigenvalue weighted by Crippen LogP contribution is 2.43. The van der Waals surface area contributed by atoms with Gasteiger partial charge in [-0.3, -0.25) is 15.1 Å². The molecular formula is C27H20F4N6O3. The van der Waals surface area contributed by atoms with Crippen molar-refractivity contribution in [3.8, 4) is 16.9 Å². The Morgan fingerprint density at radius 2 is 1.82 bits per heavy atom. The molecule has 0 unspecified atom stereocenters. The van der Waals surface area contributed by atoms with Crippen LogP contribution in [0.3, 0.4) is 0 Å². The van der Waals surface area contributed by atoms with Crippen molar-refractivity contribution in [3.05, 3.63) is 89.8 Å². The van der Waals surface area contributed by atoms with Crippen LogP contribution < -0.4 is 5.32 Å². The first-order valence-electron chi connectivity index (χ1n) is 12.3. The summed E-state index contributed by atoms with van der Waals surface area (Å²) in [4.78, 5) is 35.6. The minimum absolute atomic E-state index is 0.0166. The maximum Gasteiger partial charge on any atom is 0.419 e. The van der Waals surface area contributed by atoms with Crippen molar-refractivity contribution in [3.63, 3.8) is 0 Å². The molecule has 1 spiro atoms. The number of halogens is 4. The first-order valence-corrected chi connectivity index (χ1v) is 12.3. The first-order chi connectivity index (χ1) is 19.1. The third kappa shape index (κ3) is 4.42. The fourth-order valence-electron chi connectivity index (χ4n) is 5.10. The Morgan fingerprint density at radius 3 is 2.55 bits per heavy atom. The average molecular weight is 552 g/mol. The Balaban J connectivity index is 1.32. The van der Waals surface area contributed by atoms with E-state index in [4.69, 9.17) is 4.74 Å². The lowest BCUT2D eigenvalue weighted by Gasteiger charge is -2.43. The number of carbonyl (C=O) groups is 2. The monoisotopic (exact) mass is 552 g/mol. The van der Waals surface area contributed by atoms with E-state index in [1.165, 1.54) is 23.1 Å². The lowest BCUT2D eigenvalue weighted by Crippen LogP contribution is -2.50. The largest absolute Gasteiger partial charge is 0.437 e. The van der Waals surface area contributed by atoms with E-state index >= 15 is 0 Å². The van der Waals surface area contributed by atoms with Crippen molar-refractivity contribution in [1.29, 1.82) is 0 Å². The molecule has 1 N–H and O–H groups in total. The molecule has 0 aliphatic carbocycles. The zero-order valence-electron chi connectivity index (χ0n) is 20.7. The molecule has 3 aromatic heterocycles. The third-order valence-electron chi connectivity index (χ3n) is 7.05. The molecule has 1 saturated heterocycles. The molecule has 2 aliphatic rings. The number of hydrogen-bond donors (Lipinski definition) is 1. The predicted octanol–water partition coefficient (Wildman–Crippen LogP) is 5.18. The number of alkyl halides is 3. The molecule has 0 saturated carbocycles. The third-order valence-corrected chi connectivity index (χ3v) is 7.05. The van der Waals surface area contributed by atoms with Crippen LogP contribution in [0.15, 0.2) is 67.1 Å². The number of ether oxygens (including phenoxy) is 1. The number of hydrogen-bond acceptors (Lipinski definition) is 6. The van der Waals surface area contributed by atoms with Gasteiger partial charge < -0.3 is 9.64 Å². The van der Waals surface area contributed by atoms with Gasteiger partial charge in [0.15, 0.2) is 5.69 Å². The van der Waals surface area contributed by atoms with Gasteiger partial charge in [-0.1, -0.05) is 0 Å². The molecule has 0 bridgehead atoms. The van der Waals surface area contributed by atoms with Crippen molar-refractivity contribution >= 4 is 17.8 Å². The summed E-state index contributed by atoms with van der Waals surface area (Å²) in [5.41, 5.74) is -0.954. The molecule has 4 aromatic rings. The van der Waals surface area contributed by atoms with Gasteiger partial charge in [0.1, 0.15) is 17.2 Å². The summed E-state index contributed by atoms with van der Waals surface area (Å²) in [6.45, 7) is 0.453. The van der Waals surface area contributed by atoms with Gasteiger partial charge in [0.05, 0.1) is 16.9 Å². The molecule has 1 aromatic carbocycles. The summed E-state index contributed by atoms with van der Waals surface area (Å²) in [6.07, 6.45) is -0.342. The topological polar surface area (TPSA) is 102 Å². The van der Waals surface area contributed by atoms with E-state index in [9.17, 15) is 27.2 Å². The van der Waals surface area contributed by atoms with Gasteiger partial charge in [-0.05, 0) is 48.5 Å². The Bertz CT molecular complexity index is 1610. The number of nitrogens with zero attached hydrogens (tertiary/aromatic N) is 5. The molecule has 13 heteroatoms. The van der Waals surface area contributed by atoms with Crippen molar-refractivity contribution in [2.75, 3.05) is 18.4 Å². The van der Waals surface area contributed by atoms with E-state index in [1.807, 2.05) is 6.07 Å². The fourth-order valence-corrected chi connectivity index (χ4v) is 5.10. The molecule has 2 aliphatic heterocycles. The second-order valence-corrected chi connectivity index (χ2v) is 9.43. The highest BCUT2D eigenvalue weighted by Gasteiger charge is 2.46. The molecule has 5 heterocycles. The summed E-state index contributed by atoms with van der Waals surface area (Å²) in [5, 5.41) is 6.92. The molecule has 6 rings (SSSR count). The number of carbonyl (C=O) groups excluding carboxylic acids is 2. The smallest absolute Gasteiger partial charge is 0.419 e. The van der Waals surface area contributed by atoms with Crippen LogP contribution in [0.5, 0.6) is 0 Å². The van der Waals surface area contributed by atoms with Crippen molar-refractivity contribution in [2.45, 2.75) is 24.6 Å². The molecule has 0 radical (unpaired) electrons. The molecule has 1 fully saturated rings. The zero-order chi connectivity index (χ0) is 28.1. The number of piperidine rings is 1. The van der Waals surface area contributed by atoms with Crippen LogP contribution >= 0.6 is 0 Å². The molecular weight excluding hydrogens is 532 g/mol. The Morgan fingerprint density at radius 1 is 1.05 bits per heavy atom. The number of rotatable bonds is 3. The lowest BCUT2D eigenvalue weighted by molar-refractivity contribution is -0.140. The van der Waals surface area contributed by atoms with Gasteiger partial charge in [0.25, 0.3) is 5.91 Å². The number of likely N-dealkylation sites (tertiary alicyclic amines) is 1. The van der Waals surface area contributed by atoms with Crippen LogP contribution in [0.25, 0.3) is 16.9 Å². The zero-order valence-corrected chi connectivity index (χ0v) is 20.7. The molecule has 204 valence electrons. The Labute approximate surface area is 224 Å². The summed E-state index contributed by atoms with van der Waals surface area (Å²) in [7, 11) is 0. The van der Waals surface area contributed by atoms with Gasteiger partial charge in [-0.2, -0.15) is 18.3 Å². The van der Waals surface area contributed by atoms with Crippen molar-refractivity contribution in [1.82, 2.24) is 24.6 Å². The summed E-state index contributed by atoms with van der Waals surface area (Å²) >= 11 is 0. The van der Waals surface area contributed by atoms with Gasteiger partial charge in [-0.15, -0.1) is 0 Å². The number of aromatic nitrogens is 4. The summed E-state index contributed by atoms with van der Waals surface area (Å²) in [6, 6.07) is 10.9. The highest BCUT2D eigenvalue weighted by atomic mass is 19.4. The molecule has 9 nitrogen and oxygen atoms in total. The maximum absolute atomic E-state index is 14.0. The van der Waals surface area contributed by atoms with E-state index in [0.717, 1.165) is 11.6 Å². The normalized spacial score (nSPS) is 16.3. The van der Waals surface area contributed by atoms with Gasteiger partial charge in [0.2, 0.25) is 0 Å². The second-order valence-electron chi connectivity index (χ2n) is 9.43. The van der Waals surface area contributed by atoms with Crippen LogP contribution in [0.1, 0.15) is 34.5 Å². The standard InChI is InChI=1S/C27H20F4N6O3/c28-20-6-5-17(13-19(20)27(29,30)31)37-22(16-3-1-9-32-15-16)14-21(35-37)24(38)36-11-7-26(8-12-36)18-4-2-10-33-23(18)34-25(39)40-26/h1-6,9-10,13-15H,7-8,11-12H2,(H,33,34,39). The molecule has 0 atom stereocenters. The second kappa shape index (κ2) is 9.43. The Hall–Kier alpha value is -4.81. The van der Waals surface area contributed by atoms with Crippen LogP contribution in [0.2, 0.25) is 0 Å². The van der Waals surface area contributed by atoms with Crippen LogP contribution in [0, 0.1) is 5.82 Å². The van der Waals surface area contributed by atoms with Crippen molar-refractivity contribution < 1.29 is 31.9 Å². The fraction of sp³-hybridized carbons (Fsp3) is 0.222. The quantitative estimate of drug-likeness (QED) is 0.352. The number of amides is 2. The number of benzene rings is 1. The van der Waals surface area contributed by atoms with E-state index < -0.39 is 35.2 Å². The van der Waals surface area contributed by atoms with E-state index in [0.29, 0.717) is 42.0 Å². The number of anilines is 1. The number of pyridine rings is 2. The summed E-state index contributed by atoms with van der Waals surface area (Å²) in [5.74, 6) is -1.46. The van der Waals surface area contributed by atoms with Gasteiger partial charge in [0, 0.05) is 55.6 Å². The molecule has 2 amide bonds. The van der Waals surface area contributed by atoms with Crippen LogP contribution in [-0.4, -0.2) is 49.7 Å². The average Bonchev–Trinajstić information content (AvgIpc) is 3.39. The van der Waals surface area contributed by atoms with E-state index in [2.05, 4.69) is 20.4 Å². The number of nitrogens with one attached hydrogen (secondary N) is 1. The minimum atomic E-state index is -4.92. The van der Waals surface area contributed by atoms with E-state index in [1.54, 1.807) is 29.3 Å². The summed E-state index contributed by atoms with van der Waals surface area (Å²) < 4.78 is 61.1. The van der Waals surface area contributed by atoms with Crippen molar-refractivity contribution in [2.24, 2.45) is 0 Å².